The standard InChI is InChI=1S/C15H11ClFNO/c1-9-5-6-13-10(7-9)8-14(19)18(13)15-11(16)3-2-4-12(15)17/h2-7H,8H2,1H3. The lowest BCUT2D eigenvalue weighted by Crippen LogP contribution is -2.22. The Morgan fingerprint density at radius 2 is 2.05 bits per heavy atom. The molecule has 96 valence electrons. The summed E-state index contributed by atoms with van der Waals surface area (Å²) in [5, 5.41) is 0.238. The maximum atomic E-state index is 14.0. The van der Waals surface area contributed by atoms with E-state index in [0.717, 1.165) is 11.1 Å². The summed E-state index contributed by atoms with van der Waals surface area (Å²) in [5.41, 5.74) is 2.83. The molecular formula is C15H11ClFNO. The van der Waals surface area contributed by atoms with Crippen molar-refractivity contribution in [1.29, 1.82) is 0 Å². The number of hydrogen-bond donors (Lipinski definition) is 0. The quantitative estimate of drug-likeness (QED) is 0.770. The van der Waals surface area contributed by atoms with E-state index in [1.807, 2.05) is 25.1 Å². The highest BCUT2D eigenvalue weighted by Crippen LogP contribution is 2.40. The average molecular weight is 276 g/mol. The molecule has 0 spiro atoms. The van der Waals surface area contributed by atoms with Crippen molar-refractivity contribution >= 4 is 28.9 Å². The van der Waals surface area contributed by atoms with Gasteiger partial charge in [0, 0.05) is 0 Å². The normalized spacial score (nSPS) is 13.8. The van der Waals surface area contributed by atoms with E-state index in [0.29, 0.717) is 5.69 Å². The van der Waals surface area contributed by atoms with Crippen LogP contribution in [0.25, 0.3) is 0 Å². The van der Waals surface area contributed by atoms with Crippen molar-refractivity contribution in [3.8, 4) is 0 Å². The fourth-order valence-corrected chi connectivity index (χ4v) is 2.65. The molecule has 1 aliphatic heterocycles. The Kier molecular flexibility index (Phi) is 2.79. The Labute approximate surface area is 115 Å². The summed E-state index contributed by atoms with van der Waals surface area (Å²) in [4.78, 5) is 13.5. The van der Waals surface area contributed by atoms with Crippen LogP contribution in [-0.2, 0) is 11.2 Å². The minimum absolute atomic E-state index is 0.136. The largest absolute Gasteiger partial charge is 0.276 e. The van der Waals surface area contributed by atoms with Gasteiger partial charge in [-0.05, 0) is 30.7 Å². The van der Waals surface area contributed by atoms with Gasteiger partial charge in [-0.25, -0.2) is 4.39 Å². The molecule has 2 aromatic carbocycles. The van der Waals surface area contributed by atoms with Crippen LogP contribution in [0, 0.1) is 12.7 Å². The van der Waals surface area contributed by atoms with Gasteiger partial charge < -0.3 is 0 Å². The number of benzene rings is 2. The fourth-order valence-electron chi connectivity index (χ4n) is 2.40. The van der Waals surface area contributed by atoms with Crippen molar-refractivity contribution in [1.82, 2.24) is 0 Å². The van der Waals surface area contributed by atoms with Crippen LogP contribution in [0.1, 0.15) is 11.1 Å². The van der Waals surface area contributed by atoms with Crippen LogP contribution >= 0.6 is 11.6 Å². The smallest absolute Gasteiger partial charge is 0.236 e. The summed E-state index contributed by atoms with van der Waals surface area (Å²) in [6, 6.07) is 10.1. The molecule has 0 saturated carbocycles. The summed E-state index contributed by atoms with van der Waals surface area (Å²) in [6.07, 6.45) is 0.279. The zero-order valence-electron chi connectivity index (χ0n) is 10.3. The molecule has 0 atom stereocenters. The van der Waals surface area contributed by atoms with Crippen molar-refractivity contribution in [3.63, 3.8) is 0 Å². The minimum atomic E-state index is -0.491. The van der Waals surface area contributed by atoms with E-state index in [4.69, 9.17) is 11.6 Å². The average Bonchev–Trinajstić information content (AvgIpc) is 2.65. The number of fused-ring (bicyclic) bond motifs is 1. The topological polar surface area (TPSA) is 20.3 Å². The van der Waals surface area contributed by atoms with Gasteiger partial charge in [0.25, 0.3) is 0 Å². The molecule has 2 nitrogen and oxygen atoms in total. The molecule has 0 aliphatic carbocycles. The number of hydrogen-bond acceptors (Lipinski definition) is 1. The molecule has 0 N–H and O–H groups in total. The maximum Gasteiger partial charge on any atom is 0.236 e. The second-order valence-electron chi connectivity index (χ2n) is 4.61. The molecule has 1 amide bonds. The Morgan fingerprint density at radius 1 is 1.26 bits per heavy atom. The van der Waals surface area contributed by atoms with Crippen LogP contribution in [0.3, 0.4) is 0 Å². The number of nitrogens with zero attached hydrogens (tertiary/aromatic N) is 1. The Balaban J connectivity index is 2.20. The molecule has 0 fully saturated rings. The second-order valence-corrected chi connectivity index (χ2v) is 5.02. The van der Waals surface area contributed by atoms with Gasteiger partial charge in [0.1, 0.15) is 11.5 Å². The minimum Gasteiger partial charge on any atom is -0.276 e. The first-order chi connectivity index (χ1) is 9.08. The summed E-state index contributed by atoms with van der Waals surface area (Å²) in [5.74, 6) is -0.651. The van der Waals surface area contributed by atoms with Gasteiger partial charge in [-0.3, -0.25) is 9.69 Å². The number of para-hydroxylation sites is 1. The molecule has 0 saturated heterocycles. The highest BCUT2D eigenvalue weighted by atomic mass is 35.5. The van der Waals surface area contributed by atoms with E-state index >= 15 is 0 Å². The van der Waals surface area contributed by atoms with Gasteiger partial charge in [0.15, 0.2) is 0 Å². The predicted molar refractivity (Wildman–Crippen MR) is 73.4 cm³/mol. The number of aryl methyl sites for hydroxylation is 1. The zero-order chi connectivity index (χ0) is 13.6. The molecule has 0 bridgehead atoms. The summed E-state index contributed by atoms with van der Waals surface area (Å²) in [7, 11) is 0. The second kappa shape index (κ2) is 4.35. The number of amides is 1. The van der Waals surface area contributed by atoms with Gasteiger partial charge in [0.2, 0.25) is 5.91 Å². The van der Waals surface area contributed by atoms with Crippen molar-refractivity contribution in [2.75, 3.05) is 4.90 Å². The van der Waals surface area contributed by atoms with Crippen molar-refractivity contribution < 1.29 is 9.18 Å². The molecule has 4 heteroatoms. The van der Waals surface area contributed by atoms with Crippen LogP contribution in [-0.4, -0.2) is 5.91 Å². The van der Waals surface area contributed by atoms with Crippen LogP contribution in [0.15, 0.2) is 36.4 Å². The third-order valence-corrected chi connectivity index (χ3v) is 3.53. The lowest BCUT2D eigenvalue weighted by molar-refractivity contribution is -0.116. The molecule has 0 unspecified atom stereocenters. The van der Waals surface area contributed by atoms with E-state index in [1.54, 1.807) is 6.07 Å². The first-order valence-electron chi connectivity index (χ1n) is 5.94. The SMILES string of the molecule is Cc1ccc2c(c1)CC(=O)N2c1c(F)cccc1Cl. The third-order valence-electron chi connectivity index (χ3n) is 3.23. The van der Waals surface area contributed by atoms with Crippen molar-refractivity contribution in [3.05, 3.63) is 58.4 Å². The van der Waals surface area contributed by atoms with Gasteiger partial charge in [-0.2, -0.15) is 0 Å². The Bertz CT molecular complexity index is 664. The van der Waals surface area contributed by atoms with Crippen molar-refractivity contribution in [2.45, 2.75) is 13.3 Å². The van der Waals surface area contributed by atoms with E-state index < -0.39 is 5.82 Å². The number of anilines is 2. The Morgan fingerprint density at radius 3 is 2.79 bits per heavy atom. The van der Waals surface area contributed by atoms with Gasteiger partial charge in [-0.1, -0.05) is 35.4 Å². The monoisotopic (exact) mass is 275 g/mol. The number of carbonyl (C=O) groups excluding carboxylic acids is 1. The van der Waals surface area contributed by atoms with Gasteiger partial charge >= 0.3 is 0 Å². The Hall–Kier alpha value is -1.87. The number of carbonyl (C=O) groups is 1. The third kappa shape index (κ3) is 1.90. The molecule has 1 heterocycles. The summed E-state index contributed by atoms with van der Waals surface area (Å²) >= 11 is 6.04. The number of rotatable bonds is 1. The lowest BCUT2D eigenvalue weighted by atomic mass is 10.1. The molecule has 2 aromatic rings. The van der Waals surface area contributed by atoms with E-state index in [-0.39, 0.29) is 23.0 Å². The molecule has 1 aliphatic rings. The first kappa shape index (κ1) is 12.2. The first-order valence-corrected chi connectivity index (χ1v) is 6.32. The van der Waals surface area contributed by atoms with Gasteiger partial charge in [-0.15, -0.1) is 0 Å². The number of halogens is 2. The highest BCUT2D eigenvalue weighted by Gasteiger charge is 2.31. The molecule has 3 rings (SSSR count). The van der Waals surface area contributed by atoms with Crippen LogP contribution in [0.4, 0.5) is 15.8 Å². The molecule has 19 heavy (non-hydrogen) atoms. The highest BCUT2D eigenvalue weighted by molar-refractivity contribution is 6.34. The van der Waals surface area contributed by atoms with E-state index in [1.165, 1.54) is 17.0 Å². The zero-order valence-corrected chi connectivity index (χ0v) is 11.0. The lowest BCUT2D eigenvalue weighted by Gasteiger charge is -2.19. The van der Waals surface area contributed by atoms with Crippen LogP contribution in [0.5, 0.6) is 0 Å². The molecule has 0 radical (unpaired) electrons. The van der Waals surface area contributed by atoms with Gasteiger partial charge in [0.05, 0.1) is 17.1 Å². The fraction of sp³-hybridized carbons (Fsp3) is 0.133. The predicted octanol–water partition coefficient (Wildman–Crippen LogP) is 4.01. The maximum absolute atomic E-state index is 14.0. The van der Waals surface area contributed by atoms with Crippen molar-refractivity contribution in [2.24, 2.45) is 0 Å². The molecular weight excluding hydrogens is 265 g/mol. The van der Waals surface area contributed by atoms with E-state index in [9.17, 15) is 9.18 Å². The summed E-state index contributed by atoms with van der Waals surface area (Å²) in [6.45, 7) is 1.96. The molecule has 0 aromatic heterocycles. The summed E-state index contributed by atoms with van der Waals surface area (Å²) < 4.78 is 14.0. The van der Waals surface area contributed by atoms with E-state index in [2.05, 4.69) is 0 Å². The van der Waals surface area contributed by atoms with Crippen LogP contribution < -0.4 is 4.90 Å². The van der Waals surface area contributed by atoms with Crippen LogP contribution in [0.2, 0.25) is 5.02 Å².